The zero-order chi connectivity index (χ0) is 14.3. The van der Waals surface area contributed by atoms with Crippen LogP contribution in [0.1, 0.15) is 26.7 Å². The highest BCUT2D eigenvalue weighted by molar-refractivity contribution is 9.11. The molecule has 0 aliphatic carbocycles. The molecular weight excluding hydrogens is 374 g/mol. The Balaban J connectivity index is 2.54. The molecule has 0 aromatic heterocycles. The Morgan fingerprint density at radius 1 is 1.21 bits per heavy atom. The molecule has 0 fully saturated rings. The molecule has 0 aliphatic rings. The Morgan fingerprint density at radius 2 is 1.84 bits per heavy atom. The number of methoxy groups -OCH3 is 1. The zero-order valence-electron chi connectivity index (χ0n) is 11.6. The van der Waals surface area contributed by atoms with Gasteiger partial charge in [-0.25, -0.2) is 0 Å². The molecule has 1 aromatic rings. The molecule has 0 amide bonds. The summed E-state index contributed by atoms with van der Waals surface area (Å²) < 4.78 is 12.9. The summed E-state index contributed by atoms with van der Waals surface area (Å²) >= 11 is 6.96. The van der Waals surface area contributed by atoms with Crippen LogP contribution in [0.4, 0.5) is 0 Å². The van der Waals surface area contributed by atoms with Crippen molar-refractivity contribution in [3.05, 3.63) is 21.1 Å². The Labute approximate surface area is 132 Å². The van der Waals surface area contributed by atoms with Gasteiger partial charge >= 0.3 is 0 Å². The third kappa shape index (κ3) is 5.71. The number of hydrogen-bond donors (Lipinski definition) is 1. The van der Waals surface area contributed by atoms with E-state index >= 15 is 0 Å². The van der Waals surface area contributed by atoms with Crippen LogP contribution in [-0.2, 0) is 0 Å². The van der Waals surface area contributed by atoms with E-state index < -0.39 is 0 Å². The summed E-state index contributed by atoms with van der Waals surface area (Å²) in [5.74, 6) is 1.60. The molecule has 0 spiro atoms. The molecule has 0 bridgehead atoms. The second-order valence-electron chi connectivity index (χ2n) is 4.40. The van der Waals surface area contributed by atoms with Crippen molar-refractivity contribution >= 4 is 31.9 Å². The summed E-state index contributed by atoms with van der Waals surface area (Å²) in [5.41, 5.74) is 0. The van der Waals surface area contributed by atoms with E-state index in [1.165, 1.54) is 12.8 Å². The van der Waals surface area contributed by atoms with Crippen LogP contribution in [0, 0.1) is 0 Å². The van der Waals surface area contributed by atoms with Crippen molar-refractivity contribution < 1.29 is 9.47 Å². The first-order valence-corrected chi connectivity index (χ1v) is 8.07. The van der Waals surface area contributed by atoms with Crippen molar-refractivity contribution in [2.75, 3.05) is 20.2 Å². The Hall–Kier alpha value is -0.260. The van der Waals surface area contributed by atoms with E-state index in [0.717, 1.165) is 33.5 Å². The number of halogens is 2. The maximum absolute atomic E-state index is 5.91. The van der Waals surface area contributed by atoms with Gasteiger partial charge in [0, 0.05) is 6.54 Å². The molecule has 0 saturated carbocycles. The van der Waals surface area contributed by atoms with E-state index in [4.69, 9.17) is 9.47 Å². The number of hydrogen-bond acceptors (Lipinski definition) is 3. The van der Waals surface area contributed by atoms with Crippen LogP contribution >= 0.6 is 31.9 Å². The maximum Gasteiger partial charge on any atom is 0.135 e. The fourth-order valence-electron chi connectivity index (χ4n) is 1.62. The summed E-state index contributed by atoms with van der Waals surface area (Å²) in [5, 5.41) is 3.39. The number of unbranched alkanes of at least 4 members (excludes halogenated alkanes) is 1. The van der Waals surface area contributed by atoms with Crippen molar-refractivity contribution in [2.24, 2.45) is 0 Å². The van der Waals surface area contributed by atoms with Crippen molar-refractivity contribution in [3.63, 3.8) is 0 Å². The van der Waals surface area contributed by atoms with Crippen molar-refractivity contribution in [2.45, 2.75) is 32.8 Å². The van der Waals surface area contributed by atoms with E-state index in [1.54, 1.807) is 7.11 Å². The summed E-state index contributed by atoms with van der Waals surface area (Å²) in [7, 11) is 1.65. The molecular formula is C14H21Br2NO2. The Bertz CT molecular complexity index is 399. The number of rotatable bonds is 8. The molecule has 0 heterocycles. The monoisotopic (exact) mass is 393 g/mol. The highest BCUT2D eigenvalue weighted by Gasteiger charge is 2.11. The van der Waals surface area contributed by atoms with Crippen LogP contribution < -0.4 is 14.8 Å². The lowest BCUT2D eigenvalue weighted by Crippen LogP contribution is -2.29. The van der Waals surface area contributed by atoms with Gasteiger partial charge in [0.05, 0.1) is 16.1 Å². The maximum atomic E-state index is 5.91. The van der Waals surface area contributed by atoms with Gasteiger partial charge in [-0.2, -0.15) is 0 Å². The third-order valence-corrected chi connectivity index (χ3v) is 3.91. The lowest BCUT2D eigenvalue weighted by Gasteiger charge is -2.17. The topological polar surface area (TPSA) is 30.5 Å². The SMILES string of the molecule is CCCCNCC(C)Oc1cc(Br)c(OC)cc1Br. The fraction of sp³-hybridized carbons (Fsp3) is 0.571. The molecule has 0 radical (unpaired) electrons. The molecule has 1 N–H and O–H groups in total. The molecule has 3 nitrogen and oxygen atoms in total. The summed E-state index contributed by atoms with van der Waals surface area (Å²) in [4.78, 5) is 0. The summed E-state index contributed by atoms with van der Waals surface area (Å²) in [6, 6.07) is 3.82. The predicted octanol–water partition coefficient (Wildman–Crippen LogP) is 4.38. The molecule has 5 heteroatoms. The van der Waals surface area contributed by atoms with Gasteiger partial charge in [-0.3, -0.25) is 0 Å². The van der Waals surface area contributed by atoms with Crippen molar-refractivity contribution in [1.29, 1.82) is 0 Å². The molecule has 1 atom stereocenters. The Morgan fingerprint density at radius 3 is 2.47 bits per heavy atom. The minimum atomic E-state index is 0.119. The smallest absolute Gasteiger partial charge is 0.135 e. The number of nitrogens with one attached hydrogen (secondary N) is 1. The van der Waals surface area contributed by atoms with Gasteiger partial charge in [-0.1, -0.05) is 13.3 Å². The highest BCUT2D eigenvalue weighted by Crippen LogP contribution is 2.36. The van der Waals surface area contributed by atoms with Gasteiger partial charge in [-0.15, -0.1) is 0 Å². The van der Waals surface area contributed by atoms with Crippen LogP contribution in [0.2, 0.25) is 0 Å². The van der Waals surface area contributed by atoms with Gasteiger partial charge in [-0.05, 0) is 63.9 Å². The van der Waals surface area contributed by atoms with Crippen molar-refractivity contribution in [3.8, 4) is 11.5 Å². The fourth-order valence-corrected chi connectivity index (χ4v) is 2.52. The standard InChI is InChI=1S/C14H21Br2NO2/c1-4-5-6-17-9-10(2)19-14-8-11(15)13(18-3)7-12(14)16/h7-8,10,17H,4-6,9H2,1-3H3. The van der Waals surface area contributed by atoms with Gasteiger partial charge in [0.2, 0.25) is 0 Å². The van der Waals surface area contributed by atoms with Crippen LogP contribution in [0.5, 0.6) is 11.5 Å². The van der Waals surface area contributed by atoms with E-state index in [2.05, 4.69) is 51.0 Å². The van der Waals surface area contributed by atoms with Gasteiger partial charge in [0.15, 0.2) is 0 Å². The molecule has 0 aliphatic heterocycles. The minimum Gasteiger partial charge on any atom is -0.496 e. The van der Waals surface area contributed by atoms with E-state index in [1.807, 2.05) is 12.1 Å². The largest absolute Gasteiger partial charge is 0.496 e. The molecule has 19 heavy (non-hydrogen) atoms. The second-order valence-corrected chi connectivity index (χ2v) is 6.11. The van der Waals surface area contributed by atoms with Crippen LogP contribution in [-0.4, -0.2) is 26.3 Å². The van der Waals surface area contributed by atoms with Crippen molar-refractivity contribution in [1.82, 2.24) is 5.32 Å². The summed E-state index contributed by atoms with van der Waals surface area (Å²) in [6.45, 7) is 6.13. The highest BCUT2D eigenvalue weighted by atomic mass is 79.9. The first-order chi connectivity index (χ1) is 9.08. The van der Waals surface area contributed by atoms with Gasteiger partial charge in [0.1, 0.15) is 17.6 Å². The lowest BCUT2D eigenvalue weighted by atomic mass is 10.3. The van der Waals surface area contributed by atoms with E-state index in [-0.39, 0.29) is 6.10 Å². The average Bonchev–Trinajstić information content (AvgIpc) is 2.38. The first kappa shape index (κ1) is 16.8. The quantitative estimate of drug-likeness (QED) is 0.663. The average molecular weight is 395 g/mol. The summed E-state index contributed by atoms with van der Waals surface area (Å²) in [6.07, 6.45) is 2.53. The van der Waals surface area contributed by atoms with Crippen LogP contribution in [0.3, 0.4) is 0 Å². The molecule has 0 saturated heterocycles. The third-order valence-electron chi connectivity index (χ3n) is 2.67. The first-order valence-electron chi connectivity index (χ1n) is 6.48. The van der Waals surface area contributed by atoms with Crippen LogP contribution in [0.15, 0.2) is 21.1 Å². The van der Waals surface area contributed by atoms with E-state index in [9.17, 15) is 0 Å². The zero-order valence-corrected chi connectivity index (χ0v) is 14.8. The predicted molar refractivity (Wildman–Crippen MR) is 86.3 cm³/mol. The normalized spacial score (nSPS) is 12.3. The second kappa shape index (κ2) is 8.82. The number of benzene rings is 1. The molecule has 1 unspecified atom stereocenters. The van der Waals surface area contributed by atoms with Crippen LogP contribution in [0.25, 0.3) is 0 Å². The molecule has 1 aromatic carbocycles. The number of ether oxygens (including phenoxy) is 2. The van der Waals surface area contributed by atoms with E-state index in [0.29, 0.717) is 0 Å². The lowest BCUT2D eigenvalue weighted by molar-refractivity contribution is 0.215. The molecule has 1 rings (SSSR count). The van der Waals surface area contributed by atoms with Gasteiger partial charge in [0.25, 0.3) is 0 Å². The minimum absolute atomic E-state index is 0.119. The molecule has 108 valence electrons. The Kier molecular flexibility index (Phi) is 7.80. The van der Waals surface area contributed by atoms with Gasteiger partial charge < -0.3 is 14.8 Å².